The number of carbonyl (C=O) groups is 1. The summed E-state index contributed by atoms with van der Waals surface area (Å²) in [6.45, 7) is 0.125. The van der Waals surface area contributed by atoms with Crippen molar-refractivity contribution >= 4 is 38.2 Å². The smallest absolute Gasteiger partial charge is 0.269 e. The minimum Gasteiger partial charge on any atom is -0.349 e. The molecule has 1 aromatic carbocycles. The predicted octanol–water partition coefficient (Wildman–Crippen LogP) is 2.59. The Morgan fingerprint density at radius 2 is 2.00 bits per heavy atom. The SMILES string of the molecule is CS(=O)(=O)C1(CNC(=O)c2ccc3ccc(Cl)cc3n2)CCC1. The molecule has 2 aromatic rings. The molecule has 0 aliphatic heterocycles. The number of halogens is 1. The Morgan fingerprint density at radius 1 is 1.30 bits per heavy atom. The summed E-state index contributed by atoms with van der Waals surface area (Å²) < 4.78 is 23.0. The molecule has 1 aliphatic rings. The number of amides is 1. The molecule has 1 amide bonds. The van der Waals surface area contributed by atoms with E-state index in [1.54, 1.807) is 24.3 Å². The second-order valence-corrected chi connectivity index (χ2v) is 8.87. The maximum absolute atomic E-state index is 12.3. The molecule has 1 N–H and O–H groups in total. The number of pyridine rings is 1. The normalized spacial score (nSPS) is 16.8. The molecule has 122 valence electrons. The van der Waals surface area contributed by atoms with Gasteiger partial charge >= 0.3 is 0 Å². The van der Waals surface area contributed by atoms with Crippen LogP contribution in [0.3, 0.4) is 0 Å². The number of sulfone groups is 1. The number of nitrogens with zero attached hydrogens (tertiary/aromatic N) is 1. The van der Waals surface area contributed by atoms with Crippen LogP contribution in [0.15, 0.2) is 30.3 Å². The van der Waals surface area contributed by atoms with E-state index in [2.05, 4.69) is 10.3 Å². The summed E-state index contributed by atoms with van der Waals surface area (Å²) in [7, 11) is -3.20. The molecule has 23 heavy (non-hydrogen) atoms. The van der Waals surface area contributed by atoms with E-state index in [1.807, 2.05) is 6.07 Å². The van der Waals surface area contributed by atoms with Crippen molar-refractivity contribution in [2.45, 2.75) is 24.0 Å². The predicted molar refractivity (Wildman–Crippen MR) is 90.5 cm³/mol. The van der Waals surface area contributed by atoms with Crippen molar-refractivity contribution < 1.29 is 13.2 Å². The van der Waals surface area contributed by atoms with Crippen molar-refractivity contribution in [3.63, 3.8) is 0 Å². The van der Waals surface area contributed by atoms with Crippen LogP contribution < -0.4 is 5.32 Å². The zero-order valence-corrected chi connectivity index (χ0v) is 14.2. The molecule has 1 heterocycles. The maximum atomic E-state index is 12.3. The van der Waals surface area contributed by atoms with Gasteiger partial charge in [-0.1, -0.05) is 30.2 Å². The average molecular weight is 353 g/mol. The zero-order chi connectivity index (χ0) is 16.7. The molecule has 0 radical (unpaired) electrons. The second kappa shape index (κ2) is 5.76. The lowest BCUT2D eigenvalue weighted by Gasteiger charge is -2.39. The standard InChI is InChI=1S/C16H17ClN2O3S/c1-23(21,22)16(7-2-8-16)10-18-15(20)13-6-4-11-3-5-12(17)9-14(11)19-13/h3-6,9H,2,7-8,10H2,1H3,(H,18,20). The molecule has 0 spiro atoms. The van der Waals surface area contributed by atoms with Gasteiger partial charge in [-0.2, -0.15) is 0 Å². The van der Waals surface area contributed by atoms with Gasteiger partial charge in [0, 0.05) is 23.2 Å². The average Bonchev–Trinajstić information content (AvgIpc) is 2.43. The van der Waals surface area contributed by atoms with E-state index in [4.69, 9.17) is 11.6 Å². The quantitative estimate of drug-likeness (QED) is 0.917. The van der Waals surface area contributed by atoms with Gasteiger partial charge in [0.15, 0.2) is 9.84 Å². The molecular weight excluding hydrogens is 336 g/mol. The number of rotatable bonds is 4. The monoisotopic (exact) mass is 352 g/mol. The minimum atomic E-state index is -3.20. The molecule has 0 saturated heterocycles. The summed E-state index contributed by atoms with van der Waals surface area (Å²) in [5, 5.41) is 4.15. The fourth-order valence-electron chi connectivity index (χ4n) is 2.80. The first-order valence-electron chi connectivity index (χ1n) is 7.35. The largest absolute Gasteiger partial charge is 0.349 e. The fraction of sp³-hybridized carbons (Fsp3) is 0.375. The third-order valence-corrected chi connectivity index (χ3v) is 6.87. The first kappa shape index (κ1) is 16.2. The number of aromatic nitrogens is 1. The number of carbonyl (C=O) groups excluding carboxylic acids is 1. The fourth-order valence-corrected chi connectivity index (χ4v) is 4.33. The zero-order valence-electron chi connectivity index (χ0n) is 12.7. The van der Waals surface area contributed by atoms with E-state index >= 15 is 0 Å². The minimum absolute atomic E-state index is 0.125. The van der Waals surface area contributed by atoms with Crippen LogP contribution in [0.1, 0.15) is 29.8 Å². The van der Waals surface area contributed by atoms with E-state index in [1.165, 1.54) is 6.26 Å². The Bertz CT molecular complexity index is 876. The molecule has 7 heteroatoms. The molecule has 1 fully saturated rings. The van der Waals surface area contributed by atoms with Gasteiger partial charge in [0.1, 0.15) is 5.69 Å². The Balaban J connectivity index is 1.78. The van der Waals surface area contributed by atoms with E-state index < -0.39 is 14.6 Å². The van der Waals surface area contributed by atoms with Crippen molar-refractivity contribution in [1.82, 2.24) is 10.3 Å². The summed E-state index contributed by atoms with van der Waals surface area (Å²) in [5.74, 6) is -0.373. The molecule has 1 aliphatic carbocycles. The molecule has 0 bridgehead atoms. The van der Waals surface area contributed by atoms with Crippen molar-refractivity contribution in [2.24, 2.45) is 0 Å². The first-order valence-corrected chi connectivity index (χ1v) is 9.62. The number of nitrogens with one attached hydrogen (secondary N) is 1. The van der Waals surface area contributed by atoms with Crippen LogP contribution in [0.5, 0.6) is 0 Å². The highest BCUT2D eigenvalue weighted by Crippen LogP contribution is 2.38. The maximum Gasteiger partial charge on any atom is 0.269 e. The molecule has 0 atom stereocenters. The summed E-state index contributed by atoms with van der Waals surface area (Å²) >= 11 is 5.94. The molecular formula is C16H17ClN2O3S. The second-order valence-electron chi connectivity index (χ2n) is 6.02. The lowest BCUT2D eigenvalue weighted by atomic mass is 9.84. The van der Waals surface area contributed by atoms with E-state index in [-0.39, 0.29) is 18.1 Å². The van der Waals surface area contributed by atoms with Crippen LogP contribution in [-0.4, -0.2) is 36.9 Å². The van der Waals surface area contributed by atoms with Crippen LogP contribution in [0, 0.1) is 0 Å². The van der Waals surface area contributed by atoms with Crippen molar-refractivity contribution in [3.05, 3.63) is 41.0 Å². The van der Waals surface area contributed by atoms with E-state index in [9.17, 15) is 13.2 Å². The Hall–Kier alpha value is -1.66. The molecule has 5 nitrogen and oxygen atoms in total. The van der Waals surface area contributed by atoms with Crippen molar-refractivity contribution in [1.29, 1.82) is 0 Å². The summed E-state index contributed by atoms with van der Waals surface area (Å²) in [6, 6.07) is 8.71. The van der Waals surface area contributed by atoms with Crippen LogP contribution in [0.2, 0.25) is 5.02 Å². The Morgan fingerprint density at radius 3 is 2.61 bits per heavy atom. The van der Waals surface area contributed by atoms with Crippen LogP contribution in [0.4, 0.5) is 0 Å². The van der Waals surface area contributed by atoms with Crippen LogP contribution in [0.25, 0.3) is 10.9 Å². The third-order valence-electron chi connectivity index (χ3n) is 4.51. The molecule has 1 aromatic heterocycles. The van der Waals surface area contributed by atoms with E-state index in [0.29, 0.717) is 23.4 Å². The van der Waals surface area contributed by atoms with Gasteiger partial charge in [-0.05, 0) is 31.0 Å². The van der Waals surface area contributed by atoms with Crippen LogP contribution >= 0.6 is 11.6 Å². The number of fused-ring (bicyclic) bond motifs is 1. The lowest BCUT2D eigenvalue weighted by molar-refractivity contribution is 0.0938. The number of hydrogen-bond acceptors (Lipinski definition) is 4. The highest BCUT2D eigenvalue weighted by Gasteiger charge is 2.46. The van der Waals surface area contributed by atoms with Gasteiger partial charge in [-0.3, -0.25) is 4.79 Å². The topological polar surface area (TPSA) is 76.1 Å². The number of benzene rings is 1. The van der Waals surface area contributed by atoms with Crippen molar-refractivity contribution in [2.75, 3.05) is 12.8 Å². The van der Waals surface area contributed by atoms with Gasteiger partial charge in [0.25, 0.3) is 5.91 Å². The Kier molecular flexibility index (Phi) is 4.06. The molecule has 3 rings (SSSR count). The lowest BCUT2D eigenvalue weighted by Crippen LogP contribution is -2.53. The first-order chi connectivity index (χ1) is 10.8. The van der Waals surface area contributed by atoms with Gasteiger partial charge in [0.2, 0.25) is 0 Å². The molecule has 1 saturated carbocycles. The third kappa shape index (κ3) is 3.05. The summed E-state index contributed by atoms with van der Waals surface area (Å²) in [4.78, 5) is 16.6. The van der Waals surface area contributed by atoms with Gasteiger partial charge in [-0.25, -0.2) is 13.4 Å². The van der Waals surface area contributed by atoms with Gasteiger partial charge in [-0.15, -0.1) is 0 Å². The van der Waals surface area contributed by atoms with Gasteiger partial charge < -0.3 is 5.32 Å². The highest BCUT2D eigenvalue weighted by atomic mass is 35.5. The number of hydrogen-bond donors (Lipinski definition) is 1. The molecule has 0 unspecified atom stereocenters. The van der Waals surface area contributed by atoms with Crippen molar-refractivity contribution in [3.8, 4) is 0 Å². The Labute approximate surface area is 140 Å². The highest BCUT2D eigenvalue weighted by molar-refractivity contribution is 7.92. The van der Waals surface area contributed by atoms with Crippen LogP contribution in [-0.2, 0) is 9.84 Å². The van der Waals surface area contributed by atoms with Gasteiger partial charge in [0.05, 0.1) is 10.3 Å². The summed E-state index contributed by atoms with van der Waals surface area (Å²) in [6.07, 6.45) is 3.28. The summed E-state index contributed by atoms with van der Waals surface area (Å²) in [5.41, 5.74) is 0.884. The van der Waals surface area contributed by atoms with E-state index in [0.717, 1.165) is 11.8 Å².